The molecule has 1 N–H and O–H groups in total. The van der Waals surface area contributed by atoms with E-state index in [1.807, 2.05) is 0 Å². The summed E-state index contributed by atoms with van der Waals surface area (Å²) >= 11 is 0. The van der Waals surface area contributed by atoms with Crippen molar-refractivity contribution in [2.75, 3.05) is 32.7 Å². The second kappa shape index (κ2) is 6.73. The van der Waals surface area contributed by atoms with Crippen molar-refractivity contribution in [1.82, 2.24) is 10.2 Å². The van der Waals surface area contributed by atoms with Crippen LogP contribution < -0.4 is 5.32 Å². The molecule has 2 aliphatic rings. The molecule has 1 aliphatic carbocycles. The molecule has 1 fully saturated rings. The molecule has 2 heteroatoms. The minimum Gasteiger partial charge on any atom is -0.314 e. The highest BCUT2D eigenvalue weighted by molar-refractivity contribution is 5.35. The predicted octanol–water partition coefficient (Wildman–Crippen LogP) is 2.96. The molecule has 1 aromatic rings. The second-order valence-corrected chi connectivity index (χ2v) is 6.52. The number of benzene rings is 1. The van der Waals surface area contributed by atoms with E-state index in [9.17, 15) is 0 Å². The zero-order valence-electron chi connectivity index (χ0n) is 12.8. The lowest BCUT2D eigenvalue weighted by molar-refractivity contribution is 0.234. The third kappa shape index (κ3) is 3.42. The highest BCUT2D eigenvalue weighted by Crippen LogP contribution is 2.27. The summed E-state index contributed by atoms with van der Waals surface area (Å²) in [4.78, 5) is 2.60. The maximum absolute atomic E-state index is 3.43. The average molecular weight is 272 g/mol. The first-order chi connectivity index (χ1) is 9.83. The van der Waals surface area contributed by atoms with Crippen LogP contribution in [0.2, 0.25) is 0 Å². The van der Waals surface area contributed by atoms with Crippen LogP contribution in [-0.4, -0.2) is 37.6 Å². The molecule has 1 aromatic carbocycles. The van der Waals surface area contributed by atoms with Gasteiger partial charge in [-0.15, -0.1) is 0 Å². The monoisotopic (exact) mass is 272 g/mol. The number of hydrogen-bond acceptors (Lipinski definition) is 2. The number of fused-ring (bicyclic) bond motifs is 1. The van der Waals surface area contributed by atoms with Crippen molar-refractivity contribution in [2.24, 2.45) is 0 Å². The minimum absolute atomic E-state index is 0.692. The van der Waals surface area contributed by atoms with Crippen LogP contribution in [0.3, 0.4) is 0 Å². The quantitative estimate of drug-likeness (QED) is 0.906. The third-order valence-electron chi connectivity index (χ3n) is 5.03. The topological polar surface area (TPSA) is 15.3 Å². The minimum atomic E-state index is 0.692. The molecule has 1 aliphatic heterocycles. The number of piperazine rings is 1. The number of nitrogens with zero attached hydrogens (tertiary/aromatic N) is 1. The van der Waals surface area contributed by atoms with Gasteiger partial charge in [-0.25, -0.2) is 0 Å². The average Bonchev–Trinajstić information content (AvgIpc) is 2.53. The Morgan fingerprint density at radius 3 is 2.65 bits per heavy atom. The molecule has 0 bridgehead atoms. The lowest BCUT2D eigenvalue weighted by atomic mass is 9.87. The Hall–Kier alpha value is -0.860. The number of rotatable bonds is 4. The van der Waals surface area contributed by atoms with E-state index in [0.717, 1.165) is 13.1 Å². The van der Waals surface area contributed by atoms with Gasteiger partial charge in [-0.3, -0.25) is 0 Å². The van der Waals surface area contributed by atoms with E-state index in [1.165, 1.54) is 51.7 Å². The van der Waals surface area contributed by atoms with E-state index in [4.69, 9.17) is 0 Å². The van der Waals surface area contributed by atoms with Gasteiger partial charge in [0.15, 0.2) is 0 Å². The summed E-state index contributed by atoms with van der Waals surface area (Å²) in [6, 6.07) is 7.27. The first kappa shape index (κ1) is 14.1. The van der Waals surface area contributed by atoms with Gasteiger partial charge in [-0.1, -0.05) is 25.1 Å². The van der Waals surface area contributed by atoms with E-state index in [1.54, 1.807) is 16.7 Å². The van der Waals surface area contributed by atoms with E-state index in [0.29, 0.717) is 5.92 Å². The van der Waals surface area contributed by atoms with Gasteiger partial charge < -0.3 is 10.2 Å². The summed E-state index contributed by atoms with van der Waals surface area (Å²) in [7, 11) is 0. The molecule has 0 spiro atoms. The van der Waals surface area contributed by atoms with E-state index >= 15 is 0 Å². The van der Waals surface area contributed by atoms with Crippen molar-refractivity contribution in [3.8, 4) is 0 Å². The van der Waals surface area contributed by atoms with Gasteiger partial charge in [-0.05, 0) is 61.3 Å². The van der Waals surface area contributed by atoms with Gasteiger partial charge in [-0.2, -0.15) is 0 Å². The Morgan fingerprint density at radius 1 is 1.10 bits per heavy atom. The largest absolute Gasteiger partial charge is 0.314 e. The van der Waals surface area contributed by atoms with E-state index in [2.05, 4.69) is 35.3 Å². The van der Waals surface area contributed by atoms with Crippen LogP contribution in [0, 0.1) is 0 Å². The highest BCUT2D eigenvalue weighted by atomic mass is 15.2. The van der Waals surface area contributed by atoms with Crippen molar-refractivity contribution >= 4 is 0 Å². The van der Waals surface area contributed by atoms with Crippen molar-refractivity contribution in [3.63, 3.8) is 0 Å². The van der Waals surface area contributed by atoms with Crippen molar-refractivity contribution in [2.45, 2.75) is 44.9 Å². The Balaban J connectivity index is 1.57. The number of hydrogen-bond donors (Lipinski definition) is 1. The molecule has 20 heavy (non-hydrogen) atoms. The lowest BCUT2D eigenvalue weighted by Crippen LogP contribution is -2.43. The Bertz CT molecular complexity index is 435. The molecule has 3 rings (SSSR count). The molecule has 1 saturated heterocycles. The Kier molecular flexibility index (Phi) is 4.74. The maximum atomic E-state index is 3.43. The molecular weight excluding hydrogens is 244 g/mol. The van der Waals surface area contributed by atoms with Crippen LogP contribution in [0.1, 0.15) is 48.8 Å². The maximum Gasteiger partial charge on any atom is 0.0107 e. The van der Waals surface area contributed by atoms with Gasteiger partial charge in [0.05, 0.1) is 0 Å². The van der Waals surface area contributed by atoms with Crippen molar-refractivity contribution in [3.05, 3.63) is 34.9 Å². The van der Waals surface area contributed by atoms with Crippen LogP contribution in [0.4, 0.5) is 0 Å². The van der Waals surface area contributed by atoms with Crippen LogP contribution in [0.25, 0.3) is 0 Å². The standard InChI is InChI=1S/C18H28N2/c1-15(8-11-20-12-9-19-10-13-20)17-7-6-16-4-2-3-5-18(16)14-17/h6-7,14-15,19H,2-5,8-13H2,1H3. The summed E-state index contributed by atoms with van der Waals surface area (Å²) in [6.45, 7) is 8.40. The highest BCUT2D eigenvalue weighted by Gasteiger charge is 2.14. The van der Waals surface area contributed by atoms with Crippen LogP contribution in [-0.2, 0) is 12.8 Å². The summed E-state index contributed by atoms with van der Waals surface area (Å²) in [5, 5.41) is 3.43. The van der Waals surface area contributed by atoms with Crippen molar-refractivity contribution in [1.29, 1.82) is 0 Å². The molecule has 1 unspecified atom stereocenters. The second-order valence-electron chi connectivity index (χ2n) is 6.52. The normalized spacial score (nSPS) is 21.4. The van der Waals surface area contributed by atoms with Crippen LogP contribution in [0.15, 0.2) is 18.2 Å². The molecule has 1 heterocycles. The molecule has 0 aromatic heterocycles. The van der Waals surface area contributed by atoms with Gasteiger partial charge >= 0.3 is 0 Å². The molecule has 1 atom stereocenters. The predicted molar refractivity (Wildman–Crippen MR) is 85.4 cm³/mol. The van der Waals surface area contributed by atoms with Gasteiger partial charge in [0.25, 0.3) is 0 Å². The molecule has 0 saturated carbocycles. The number of aryl methyl sites for hydroxylation is 2. The smallest absolute Gasteiger partial charge is 0.0107 e. The van der Waals surface area contributed by atoms with Gasteiger partial charge in [0.1, 0.15) is 0 Å². The fraction of sp³-hybridized carbons (Fsp3) is 0.667. The molecule has 0 radical (unpaired) electrons. The van der Waals surface area contributed by atoms with E-state index in [-0.39, 0.29) is 0 Å². The summed E-state index contributed by atoms with van der Waals surface area (Å²) in [5.74, 6) is 0.692. The van der Waals surface area contributed by atoms with Crippen molar-refractivity contribution < 1.29 is 0 Å². The summed E-state index contributed by atoms with van der Waals surface area (Å²) in [5.41, 5.74) is 4.79. The number of nitrogens with one attached hydrogen (secondary N) is 1. The molecular formula is C18H28N2. The first-order valence-electron chi connectivity index (χ1n) is 8.38. The van der Waals surface area contributed by atoms with Gasteiger partial charge in [0.2, 0.25) is 0 Å². The summed E-state index contributed by atoms with van der Waals surface area (Å²) in [6.07, 6.45) is 6.65. The third-order valence-corrected chi connectivity index (χ3v) is 5.03. The zero-order valence-corrected chi connectivity index (χ0v) is 12.8. The SMILES string of the molecule is CC(CCN1CCNCC1)c1ccc2c(c1)CCCC2. The molecule has 0 amide bonds. The lowest BCUT2D eigenvalue weighted by Gasteiger charge is -2.28. The Morgan fingerprint density at radius 2 is 1.85 bits per heavy atom. The Labute approximate surface area is 123 Å². The molecule has 110 valence electrons. The fourth-order valence-electron chi connectivity index (χ4n) is 3.54. The van der Waals surface area contributed by atoms with Gasteiger partial charge in [0, 0.05) is 26.2 Å². The van der Waals surface area contributed by atoms with Crippen LogP contribution >= 0.6 is 0 Å². The fourth-order valence-corrected chi connectivity index (χ4v) is 3.54. The van der Waals surface area contributed by atoms with Crippen LogP contribution in [0.5, 0.6) is 0 Å². The summed E-state index contributed by atoms with van der Waals surface area (Å²) < 4.78 is 0. The first-order valence-corrected chi connectivity index (χ1v) is 8.38. The molecule has 2 nitrogen and oxygen atoms in total. The zero-order chi connectivity index (χ0) is 13.8. The van der Waals surface area contributed by atoms with E-state index < -0.39 is 0 Å².